The number of carboxylic acid groups (broad SMARTS) is 1. The topological polar surface area (TPSA) is 159 Å². The molecule has 2 saturated heterocycles. The van der Waals surface area contributed by atoms with Gasteiger partial charge >= 0.3 is 12.1 Å². The van der Waals surface area contributed by atoms with E-state index in [-0.39, 0.29) is 69.9 Å². The van der Waals surface area contributed by atoms with E-state index in [2.05, 4.69) is 10.3 Å². The van der Waals surface area contributed by atoms with Crippen molar-refractivity contribution in [3.63, 3.8) is 0 Å². The Labute approximate surface area is 260 Å². The van der Waals surface area contributed by atoms with E-state index < -0.39 is 29.9 Å². The summed E-state index contributed by atoms with van der Waals surface area (Å²) in [4.78, 5) is 72.6. The minimum Gasteiger partial charge on any atom is -0.483 e. The number of fused-ring (bicyclic) bond motifs is 1. The number of nitrogens with zero attached hydrogens (tertiary/aromatic N) is 4. The number of para-hydroxylation sites is 1. The number of aromatic nitrogens is 1. The van der Waals surface area contributed by atoms with Crippen LogP contribution in [0.5, 0.6) is 5.75 Å². The Morgan fingerprint density at radius 1 is 1.09 bits per heavy atom. The molecule has 2 atom stereocenters. The van der Waals surface area contributed by atoms with Crippen molar-refractivity contribution in [3.8, 4) is 5.75 Å². The highest BCUT2D eigenvalue weighted by molar-refractivity contribution is 7.98. The van der Waals surface area contributed by atoms with Crippen molar-refractivity contribution in [2.24, 2.45) is 0 Å². The third-order valence-electron chi connectivity index (χ3n) is 7.69. The van der Waals surface area contributed by atoms with Gasteiger partial charge in [0.25, 0.3) is 11.8 Å². The summed E-state index contributed by atoms with van der Waals surface area (Å²) in [7, 11) is 0. The highest BCUT2D eigenvalue weighted by Gasteiger charge is 2.32. The second-order valence-corrected chi connectivity index (χ2v) is 11.5. The Hall–Kier alpha value is -4.07. The lowest BCUT2D eigenvalue weighted by Gasteiger charge is -2.35. The van der Waals surface area contributed by atoms with Crippen molar-refractivity contribution in [3.05, 3.63) is 36.0 Å². The molecule has 44 heavy (non-hydrogen) atoms. The Morgan fingerprint density at radius 3 is 2.52 bits per heavy atom. The number of hydrogen-bond donors (Lipinski definition) is 2. The molecule has 2 aromatic rings. The maximum absolute atomic E-state index is 13.5. The molecule has 2 N–H and O–H groups in total. The number of thioether (sulfide) groups is 1. The fourth-order valence-electron chi connectivity index (χ4n) is 5.43. The van der Waals surface area contributed by atoms with Crippen molar-refractivity contribution in [2.75, 3.05) is 57.9 Å². The van der Waals surface area contributed by atoms with Crippen LogP contribution in [0, 0.1) is 0 Å². The summed E-state index contributed by atoms with van der Waals surface area (Å²) in [5.74, 6) is -1.20. The van der Waals surface area contributed by atoms with Crippen LogP contribution >= 0.6 is 11.8 Å². The van der Waals surface area contributed by atoms with Crippen molar-refractivity contribution >= 4 is 52.4 Å². The number of carbonyl (C=O) groups is 5. The molecule has 0 bridgehead atoms. The molecule has 2 fully saturated rings. The third-order valence-corrected chi connectivity index (χ3v) is 8.40. The van der Waals surface area contributed by atoms with Crippen LogP contribution in [-0.2, 0) is 19.1 Å². The van der Waals surface area contributed by atoms with Crippen LogP contribution in [0.15, 0.2) is 30.3 Å². The monoisotopic (exact) mass is 629 g/mol. The fourth-order valence-corrected chi connectivity index (χ4v) is 6.16. The summed E-state index contributed by atoms with van der Waals surface area (Å²) in [6.07, 6.45) is 2.99. The number of carbonyl (C=O) groups excluding carboxylic acids is 4. The lowest BCUT2D eigenvalue weighted by atomic mass is 10.1. The lowest BCUT2D eigenvalue weighted by molar-refractivity contribution is -0.138. The van der Waals surface area contributed by atoms with Gasteiger partial charge in [0, 0.05) is 62.4 Å². The van der Waals surface area contributed by atoms with Gasteiger partial charge < -0.3 is 34.6 Å². The zero-order chi connectivity index (χ0) is 31.6. The maximum Gasteiger partial charge on any atom is 0.409 e. The zero-order valence-corrected chi connectivity index (χ0v) is 25.8. The number of ether oxygens (including phenoxy) is 2. The molecule has 238 valence electrons. The van der Waals surface area contributed by atoms with Gasteiger partial charge in [0.15, 0.2) is 6.61 Å². The zero-order valence-electron chi connectivity index (χ0n) is 25.0. The van der Waals surface area contributed by atoms with E-state index in [1.165, 1.54) is 15.9 Å². The molecule has 3 heterocycles. The first-order valence-electron chi connectivity index (χ1n) is 14.8. The number of aliphatic carboxylic acids is 1. The molecule has 1 aromatic carbocycles. The van der Waals surface area contributed by atoms with Crippen LogP contribution in [0.1, 0.15) is 43.1 Å². The minimum absolute atomic E-state index is 0.0344. The summed E-state index contributed by atoms with van der Waals surface area (Å²) in [6, 6.07) is 7.54. The number of benzene rings is 1. The van der Waals surface area contributed by atoms with Crippen LogP contribution in [0.4, 0.5) is 4.79 Å². The van der Waals surface area contributed by atoms with Gasteiger partial charge in [-0.15, -0.1) is 0 Å². The first kappa shape index (κ1) is 32.8. The number of pyridine rings is 1. The molecule has 0 saturated carbocycles. The predicted octanol–water partition coefficient (Wildman–Crippen LogP) is 2.23. The second-order valence-electron chi connectivity index (χ2n) is 10.6. The maximum atomic E-state index is 13.5. The molecule has 1 aromatic heterocycles. The normalized spacial score (nSPS) is 17.3. The van der Waals surface area contributed by atoms with Gasteiger partial charge in [-0.1, -0.05) is 12.1 Å². The Balaban J connectivity index is 1.48. The summed E-state index contributed by atoms with van der Waals surface area (Å²) >= 11 is 1.70. The molecule has 4 amide bonds. The molecule has 1 unspecified atom stereocenters. The van der Waals surface area contributed by atoms with Gasteiger partial charge in [0.1, 0.15) is 17.5 Å². The average Bonchev–Trinajstić information content (AvgIpc) is 3.49. The molecule has 13 nitrogen and oxygen atoms in total. The van der Waals surface area contributed by atoms with Gasteiger partial charge in [-0.05, 0) is 44.6 Å². The fraction of sp³-hybridized carbons (Fsp3) is 0.533. The second kappa shape index (κ2) is 15.6. The van der Waals surface area contributed by atoms with Crippen LogP contribution < -0.4 is 10.1 Å². The van der Waals surface area contributed by atoms with Crippen molar-refractivity contribution in [1.29, 1.82) is 0 Å². The number of nitrogens with one attached hydrogen (secondary N) is 1. The largest absolute Gasteiger partial charge is 0.483 e. The summed E-state index contributed by atoms with van der Waals surface area (Å²) in [6.45, 7) is 3.38. The molecule has 0 spiro atoms. The Kier molecular flexibility index (Phi) is 11.6. The summed E-state index contributed by atoms with van der Waals surface area (Å²) in [5, 5.41) is 12.6. The van der Waals surface area contributed by atoms with Gasteiger partial charge in [-0.2, -0.15) is 11.8 Å². The van der Waals surface area contributed by atoms with Gasteiger partial charge in [0.05, 0.1) is 12.1 Å². The van der Waals surface area contributed by atoms with E-state index in [4.69, 9.17) is 9.47 Å². The van der Waals surface area contributed by atoms with Crippen LogP contribution in [-0.4, -0.2) is 125 Å². The quantitative estimate of drug-likeness (QED) is 0.357. The average molecular weight is 630 g/mol. The SMILES string of the molecule is CCOC(=O)N1CCN(C(=O)C(CCC(=O)O)NC(=O)c2cc(OCC(=O)N3CCC[C@H]3CSC)c3ccccc3n2)CC1. The van der Waals surface area contributed by atoms with Crippen molar-refractivity contribution in [1.82, 2.24) is 25.0 Å². The van der Waals surface area contributed by atoms with Gasteiger partial charge in [-0.25, -0.2) is 9.78 Å². The molecule has 2 aliphatic rings. The van der Waals surface area contributed by atoms with E-state index in [1.54, 1.807) is 43.0 Å². The van der Waals surface area contributed by atoms with Gasteiger partial charge in [0.2, 0.25) is 5.91 Å². The highest BCUT2D eigenvalue weighted by Crippen LogP contribution is 2.27. The van der Waals surface area contributed by atoms with Gasteiger partial charge in [-0.3, -0.25) is 19.2 Å². The molecule has 2 aliphatic heterocycles. The van der Waals surface area contributed by atoms with E-state index in [1.807, 2.05) is 11.2 Å². The summed E-state index contributed by atoms with van der Waals surface area (Å²) in [5.41, 5.74) is 0.431. The lowest BCUT2D eigenvalue weighted by Crippen LogP contribution is -2.56. The standard InChI is InChI=1S/C30H39N5O8S/c1-3-42-30(41)34-15-13-33(14-16-34)29(40)23(10-11-27(37)38)32-28(39)24-17-25(21-8-4-5-9-22(21)31-24)43-18-26(36)35-12-6-7-20(35)19-44-2/h4-5,8-9,17,20,23H,3,6-7,10-16,18-19H2,1-2H3,(H,32,39)(H,37,38)/t20-,23?/m0/s1. The van der Waals surface area contributed by atoms with E-state index in [0.29, 0.717) is 23.2 Å². The number of piperazine rings is 1. The van der Waals surface area contributed by atoms with E-state index >= 15 is 0 Å². The molecule has 14 heteroatoms. The Morgan fingerprint density at radius 2 is 1.82 bits per heavy atom. The van der Waals surface area contributed by atoms with Crippen LogP contribution in [0.2, 0.25) is 0 Å². The molecular formula is C30H39N5O8S. The summed E-state index contributed by atoms with van der Waals surface area (Å²) < 4.78 is 11.0. The first-order valence-corrected chi connectivity index (χ1v) is 16.1. The highest BCUT2D eigenvalue weighted by atomic mass is 32.2. The molecule has 0 radical (unpaired) electrons. The number of amides is 4. The third kappa shape index (κ3) is 8.30. The number of likely N-dealkylation sites (tertiary alicyclic amines) is 1. The van der Waals surface area contributed by atoms with Crippen LogP contribution in [0.25, 0.3) is 10.9 Å². The first-order chi connectivity index (χ1) is 21.2. The number of carboxylic acids is 1. The van der Waals surface area contributed by atoms with Crippen molar-refractivity contribution in [2.45, 2.75) is 44.7 Å². The molecule has 0 aliphatic carbocycles. The minimum atomic E-state index is -1.13. The van der Waals surface area contributed by atoms with E-state index in [9.17, 15) is 29.1 Å². The van der Waals surface area contributed by atoms with E-state index in [0.717, 1.165) is 18.6 Å². The number of rotatable bonds is 12. The smallest absolute Gasteiger partial charge is 0.409 e. The Bertz CT molecular complexity index is 1370. The van der Waals surface area contributed by atoms with Crippen LogP contribution in [0.3, 0.4) is 0 Å². The molecule has 4 rings (SSSR count). The molecular weight excluding hydrogens is 590 g/mol. The number of hydrogen-bond acceptors (Lipinski definition) is 9. The van der Waals surface area contributed by atoms with Crippen molar-refractivity contribution < 1.29 is 38.6 Å². The predicted molar refractivity (Wildman–Crippen MR) is 164 cm³/mol.